The summed E-state index contributed by atoms with van der Waals surface area (Å²) in [5.41, 5.74) is 3.57. The number of nitrogens with zero attached hydrogens (tertiary/aromatic N) is 1. The Morgan fingerprint density at radius 1 is 1.11 bits per heavy atom. The fourth-order valence-electron chi connectivity index (χ4n) is 3.14. The number of rotatable bonds is 8. The average molecular weight is 383 g/mol. The van der Waals surface area contributed by atoms with E-state index in [0.29, 0.717) is 12.5 Å². The molecule has 2 aromatic carbocycles. The number of amides is 1. The Morgan fingerprint density at radius 2 is 1.82 bits per heavy atom. The largest absolute Gasteiger partial charge is 0.484 e. The molecule has 0 bridgehead atoms. The standard InChI is InChI=1S/C23H30N2O3/c1-18(2)21-4-3-5-22(14-21)28-17-23(26)24-15-19-6-8-20(9-7-19)16-25-10-12-27-13-11-25/h3-9,14,18H,10-13,15-17H2,1-2H3,(H,24,26). The summed E-state index contributed by atoms with van der Waals surface area (Å²) in [5.74, 6) is 1.05. The zero-order valence-electron chi connectivity index (χ0n) is 16.8. The highest BCUT2D eigenvalue weighted by Gasteiger charge is 2.10. The molecule has 0 aliphatic carbocycles. The van der Waals surface area contributed by atoms with Gasteiger partial charge in [-0.15, -0.1) is 0 Å². The summed E-state index contributed by atoms with van der Waals surface area (Å²) >= 11 is 0. The molecule has 0 spiro atoms. The Morgan fingerprint density at radius 3 is 2.54 bits per heavy atom. The number of hydrogen-bond donors (Lipinski definition) is 1. The van der Waals surface area contributed by atoms with Crippen LogP contribution in [0.3, 0.4) is 0 Å². The van der Waals surface area contributed by atoms with Gasteiger partial charge in [-0.05, 0) is 34.7 Å². The maximum atomic E-state index is 12.1. The van der Waals surface area contributed by atoms with Crippen molar-refractivity contribution in [2.24, 2.45) is 0 Å². The molecule has 1 aliphatic heterocycles. The second-order valence-corrected chi connectivity index (χ2v) is 7.50. The molecule has 0 radical (unpaired) electrons. The van der Waals surface area contributed by atoms with Gasteiger partial charge in [0.1, 0.15) is 5.75 Å². The molecule has 5 nitrogen and oxygen atoms in total. The van der Waals surface area contributed by atoms with E-state index < -0.39 is 0 Å². The number of benzene rings is 2. The first-order valence-electron chi connectivity index (χ1n) is 9.97. The highest BCUT2D eigenvalue weighted by molar-refractivity contribution is 5.77. The van der Waals surface area contributed by atoms with Crippen LogP contribution in [0.2, 0.25) is 0 Å². The van der Waals surface area contributed by atoms with Gasteiger partial charge in [-0.2, -0.15) is 0 Å². The Balaban J connectivity index is 1.41. The number of nitrogens with one attached hydrogen (secondary N) is 1. The summed E-state index contributed by atoms with van der Waals surface area (Å²) in [4.78, 5) is 14.5. The van der Waals surface area contributed by atoms with Gasteiger partial charge in [0.2, 0.25) is 0 Å². The minimum Gasteiger partial charge on any atom is -0.484 e. The van der Waals surface area contributed by atoms with E-state index in [1.54, 1.807) is 0 Å². The van der Waals surface area contributed by atoms with Crippen molar-refractivity contribution in [1.29, 1.82) is 0 Å². The topological polar surface area (TPSA) is 50.8 Å². The van der Waals surface area contributed by atoms with Crippen molar-refractivity contribution in [3.05, 3.63) is 65.2 Å². The van der Waals surface area contributed by atoms with Crippen molar-refractivity contribution in [1.82, 2.24) is 10.2 Å². The van der Waals surface area contributed by atoms with Gasteiger partial charge in [0.15, 0.2) is 6.61 Å². The zero-order chi connectivity index (χ0) is 19.8. The van der Waals surface area contributed by atoms with Gasteiger partial charge in [-0.1, -0.05) is 50.2 Å². The van der Waals surface area contributed by atoms with Gasteiger partial charge in [-0.3, -0.25) is 9.69 Å². The second-order valence-electron chi connectivity index (χ2n) is 7.50. The summed E-state index contributed by atoms with van der Waals surface area (Å²) in [7, 11) is 0. The molecule has 0 aromatic heterocycles. The van der Waals surface area contributed by atoms with Crippen molar-refractivity contribution in [3.8, 4) is 5.75 Å². The lowest BCUT2D eigenvalue weighted by Gasteiger charge is -2.26. The zero-order valence-corrected chi connectivity index (χ0v) is 16.8. The summed E-state index contributed by atoms with van der Waals surface area (Å²) in [5, 5.41) is 2.92. The highest BCUT2D eigenvalue weighted by atomic mass is 16.5. The van der Waals surface area contributed by atoms with Gasteiger partial charge in [0.25, 0.3) is 5.91 Å². The Bertz CT molecular complexity index is 753. The first-order chi connectivity index (χ1) is 13.6. The smallest absolute Gasteiger partial charge is 0.258 e. The fraction of sp³-hybridized carbons (Fsp3) is 0.435. The Labute approximate surface area is 167 Å². The van der Waals surface area contributed by atoms with E-state index in [9.17, 15) is 4.79 Å². The van der Waals surface area contributed by atoms with Crippen LogP contribution in [0.15, 0.2) is 48.5 Å². The normalized spacial score (nSPS) is 14.8. The quantitative estimate of drug-likeness (QED) is 0.761. The van der Waals surface area contributed by atoms with Crippen LogP contribution in [0, 0.1) is 0 Å². The predicted molar refractivity (Wildman–Crippen MR) is 110 cm³/mol. The highest BCUT2D eigenvalue weighted by Crippen LogP contribution is 2.20. The lowest BCUT2D eigenvalue weighted by atomic mass is 10.0. The maximum absolute atomic E-state index is 12.1. The lowest BCUT2D eigenvalue weighted by molar-refractivity contribution is -0.123. The van der Waals surface area contributed by atoms with Crippen LogP contribution in [-0.2, 0) is 22.6 Å². The number of carbonyl (C=O) groups is 1. The minimum atomic E-state index is -0.118. The Hall–Kier alpha value is -2.37. The van der Waals surface area contributed by atoms with E-state index in [4.69, 9.17) is 9.47 Å². The number of ether oxygens (including phenoxy) is 2. The molecule has 2 aromatic rings. The van der Waals surface area contributed by atoms with E-state index in [0.717, 1.165) is 44.2 Å². The van der Waals surface area contributed by atoms with Crippen LogP contribution >= 0.6 is 0 Å². The molecule has 150 valence electrons. The number of hydrogen-bond acceptors (Lipinski definition) is 4. The van der Waals surface area contributed by atoms with Gasteiger partial charge in [-0.25, -0.2) is 0 Å². The van der Waals surface area contributed by atoms with Crippen LogP contribution in [0.1, 0.15) is 36.5 Å². The fourth-order valence-corrected chi connectivity index (χ4v) is 3.14. The summed E-state index contributed by atoms with van der Waals surface area (Å²) in [6, 6.07) is 16.3. The first kappa shape index (κ1) is 20.4. The SMILES string of the molecule is CC(C)c1cccc(OCC(=O)NCc2ccc(CN3CCOCC3)cc2)c1. The molecule has 1 amide bonds. The van der Waals surface area contributed by atoms with Gasteiger partial charge < -0.3 is 14.8 Å². The first-order valence-corrected chi connectivity index (χ1v) is 9.97. The Kier molecular flexibility index (Phi) is 7.46. The van der Waals surface area contributed by atoms with E-state index in [1.807, 2.05) is 18.2 Å². The molecule has 1 aliphatic rings. The monoisotopic (exact) mass is 382 g/mol. The second kappa shape index (κ2) is 10.2. The van der Waals surface area contributed by atoms with Crippen molar-refractivity contribution < 1.29 is 14.3 Å². The third-order valence-electron chi connectivity index (χ3n) is 4.92. The number of carbonyl (C=O) groups excluding carboxylic acids is 1. The molecule has 0 unspecified atom stereocenters. The third kappa shape index (κ3) is 6.36. The van der Waals surface area contributed by atoms with E-state index in [1.165, 1.54) is 11.1 Å². The minimum absolute atomic E-state index is 0.0245. The maximum Gasteiger partial charge on any atom is 0.258 e. The van der Waals surface area contributed by atoms with E-state index in [2.05, 4.69) is 54.4 Å². The molecule has 1 N–H and O–H groups in total. The van der Waals surface area contributed by atoms with Crippen molar-refractivity contribution in [3.63, 3.8) is 0 Å². The molecule has 1 fully saturated rings. The van der Waals surface area contributed by atoms with Crippen molar-refractivity contribution >= 4 is 5.91 Å². The molecule has 1 heterocycles. The molecule has 3 rings (SSSR count). The summed E-state index contributed by atoms with van der Waals surface area (Å²) < 4.78 is 11.0. The molecule has 28 heavy (non-hydrogen) atoms. The van der Waals surface area contributed by atoms with Gasteiger partial charge in [0.05, 0.1) is 13.2 Å². The van der Waals surface area contributed by atoms with Crippen LogP contribution in [0.4, 0.5) is 0 Å². The molecule has 0 saturated carbocycles. The molecular formula is C23H30N2O3. The van der Waals surface area contributed by atoms with E-state index >= 15 is 0 Å². The molecule has 0 atom stereocenters. The van der Waals surface area contributed by atoms with E-state index in [-0.39, 0.29) is 12.5 Å². The molecule has 1 saturated heterocycles. The van der Waals surface area contributed by atoms with Crippen LogP contribution in [-0.4, -0.2) is 43.7 Å². The third-order valence-corrected chi connectivity index (χ3v) is 4.92. The molecular weight excluding hydrogens is 352 g/mol. The predicted octanol–water partition coefficient (Wildman–Crippen LogP) is 3.34. The van der Waals surface area contributed by atoms with Crippen molar-refractivity contribution in [2.45, 2.75) is 32.9 Å². The van der Waals surface area contributed by atoms with Crippen LogP contribution < -0.4 is 10.1 Å². The van der Waals surface area contributed by atoms with Crippen LogP contribution in [0.25, 0.3) is 0 Å². The average Bonchev–Trinajstić information content (AvgIpc) is 2.73. The van der Waals surface area contributed by atoms with Crippen molar-refractivity contribution in [2.75, 3.05) is 32.9 Å². The summed E-state index contributed by atoms with van der Waals surface area (Å²) in [6.07, 6.45) is 0. The summed E-state index contributed by atoms with van der Waals surface area (Å²) in [6.45, 7) is 9.34. The van der Waals surface area contributed by atoms with Gasteiger partial charge in [0, 0.05) is 26.2 Å². The lowest BCUT2D eigenvalue weighted by Crippen LogP contribution is -2.35. The molecule has 5 heteroatoms. The van der Waals surface area contributed by atoms with Gasteiger partial charge >= 0.3 is 0 Å². The number of morpholine rings is 1. The van der Waals surface area contributed by atoms with Crippen LogP contribution in [0.5, 0.6) is 5.75 Å².